The summed E-state index contributed by atoms with van der Waals surface area (Å²) in [6.07, 6.45) is 5.25. The van der Waals surface area contributed by atoms with Crippen LogP contribution in [0.15, 0.2) is 37.2 Å². The second-order valence-electron chi connectivity index (χ2n) is 8.24. The van der Waals surface area contributed by atoms with Crippen LogP contribution in [-0.4, -0.2) is 43.9 Å². The van der Waals surface area contributed by atoms with Gasteiger partial charge in [0.25, 0.3) is 0 Å². The van der Waals surface area contributed by atoms with E-state index < -0.39 is 11.6 Å². The SMILES string of the molecule is C=Cn1nc(NC2C3CCC2CN(c2cc(C)ncn2)C3)nc1Oc1cc(F)cc(F)c1. The van der Waals surface area contributed by atoms with E-state index in [2.05, 4.69) is 36.8 Å². The van der Waals surface area contributed by atoms with E-state index in [9.17, 15) is 8.78 Å². The van der Waals surface area contributed by atoms with Crippen molar-refractivity contribution in [1.82, 2.24) is 24.7 Å². The van der Waals surface area contributed by atoms with Crippen molar-refractivity contribution < 1.29 is 13.5 Å². The predicted octanol–water partition coefficient (Wildman–Crippen LogP) is 3.87. The van der Waals surface area contributed by atoms with Crippen LogP contribution in [0.2, 0.25) is 0 Å². The fraction of sp³-hybridized carbons (Fsp3) is 0.364. The molecule has 1 aliphatic heterocycles. The zero-order valence-corrected chi connectivity index (χ0v) is 17.6. The lowest BCUT2D eigenvalue weighted by Crippen LogP contribution is -2.48. The first-order valence-electron chi connectivity index (χ1n) is 10.5. The summed E-state index contributed by atoms with van der Waals surface area (Å²) in [6, 6.07) is 5.26. The Labute approximate surface area is 184 Å². The third-order valence-corrected chi connectivity index (χ3v) is 6.06. The molecule has 166 valence electrons. The average Bonchev–Trinajstić information content (AvgIpc) is 3.22. The monoisotopic (exact) mass is 439 g/mol. The van der Waals surface area contributed by atoms with Gasteiger partial charge in [-0.2, -0.15) is 9.67 Å². The molecule has 0 amide bonds. The topological polar surface area (TPSA) is 81.0 Å². The van der Waals surface area contributed by atoms with Gasteiger partial charge in [0.05, 0.1) is 0 Å². The van der Waals surface area contributed by atoms with E-state index in [0.29, 0.717) is 17.8 Å². The van der Waals surface area contributed by atoms with Gasteiger partial charge in [0, 0.05) is 55.3 Å². The summed E-state index contributed by atoms with van der Waals surface area (Å²) in [4.78, 5) is 15.3. The molecule has 8 nitrogen and oxygen atoms in total. The molecule has 2 atom stereocenters. The first kappa shape index (κ1) is 20.3. The van der Waals surface area contributed by atoms with E-state index in [-0.39, 0.29) is 17.8 Å². The Morgan fingerprint density at radius 2 is 1.81 bits per heavy atom. The highest BCUT2D eigenvalue weighted by Gasteiger charge is 2.43. The van der Waals surface area contributed by atoms with Crippen LogP contribution in [-0.2, 0) is 0 Å². The van der Waals surface area contributed by atoms with E-state index in [4.69, 9.17) is 4.74 Å². The molecule has 2 fully saturated rings. The Hall–Kier alpha value is -3.56. The number of rotatable bonds is 6. The molecule has 3 heterocycles. The van der Waals surface area contributed by atoms with Crippen molar-refractivity contribution >= 4 is 18.0 Å². The average molecular weight is 439 g/mol. The van der Waals surface area contributed by atoms with Gasteiger partial charge in [-0.15, -0.1) is 5.10 Å². The third-order valence-electron chi connectivity index (χ3n) is 6.06. The number of nitrogens with zero attached hydrogens (tertiary/aromatic N) is 6. The van der Waals surface area contributed by atoms with Gasteiger partial charge < -0.3 is 15.0 Å². The van der Waals surface area contributed by atoms with Crippen molar-refractivity contribution in [3.05, 3.63) is 54.5 Å². The zero-order chi connectivity index (χ0) is 22.2. The lowest BCUT2D eigenvalue weighted by atomic mass is 9.92. The number of benzene rings is 1. The molecule has 1 aromatic carbocycles. The molecule has 1 N–H and O–H groups in total. The number of halogens is 2. The molecular weight excluding hydrogens is 416 g/mol. The molecule has 10 heteroatoms. The minimum absolute atomic E-state index is 0.00179. The van der Waals surface area contributed by atoms with Gasteiger partial charge in [-0.25, -0.2) is 18.7 Å². The first-order chi connectivity index (χ1) is 15.5. The maximum Gasteiger partial charge on any atom is 0.326 e. The van der Waals surface area contributed by atoms with Gasteiger partial charge in [-0.3, -0.25) is 0 Å². The standard InChI is InChI=1S/C22H23F2N7O/c1-3-31-22(32-18-8-16(23)7-17(24)9-18)28-21(29-31)27-20-14-4-5-15(20)11-30(10-14)19-6-13(2)25-12-26-19/h3,6-9,12,14-15,20H,1,4-5,10-11H2,2H3,(H,27,29). The van der Waals surface area contributed by atoms with Gasteiger partial charge in [0.2, 0.25) is 5.95 Å². The van der Waals surface area contributed by atoms with Gasteiger partial charge >= 0.3 is 6.01 Å². The minimum Gasteiger partial charge on any atom is -0.424 e. The molecule has 1 saturated heterocycles. The number of piperidine rings is 1. The molecular formula is C22H23F2N7O. The molecule has 5 rings (SSSR count). The van der Waals surface area contributed by atoms with Crippen molar-refractivity contribution in [2.45, 2.75) is 25.8 Å². The third kappa shape index (κ3) is 4.00. The fourth-order valence-corrected chi connectivity index (χ4v) is 4.66. The summed E-state index contributed by atoms with van der Waals surface area (Å²) in [5.74, 6) is 0.723. The maximum atomic E-state index is 13.5. The Bertz CT molecular complexity index is 1120. The Morgan fingerprint density at radius 1 is 1.09 bits per heavy atom. The van der Waals surface area contributed by atoms with Crippen molar-refractivity contribution in [3.63, 3.8) is 0 Å². The number of hydrogen-bond acceptors (Lipinski definition) is 7. The van der Waals surface area contributed by atoms with Gasteiger partial charge in [0.1, 0.15) is 29.5 Å². The molecule has 0 spiro atoms. The predicted molar refractivity (Wildman–Crippen MR) is 115 cm³/mol. The lowest BCUT2D eigenvalue weighted by molar-refractivity contribution is 0.374. The number of ether oxygens (including phenoxy) is 1. The lowest BCUT2D eigenvalue weighted by Gasteiger charge is -2.38. The number of aromatic nitrogens is 5. The van der Waals surface area contributed by atoms with Crippen LogP contribution in [0.5, 0.6) is 11.8 Å². The van der Waals surface area contributed by atoms with Gasteiger partial charge in [-0.05, 0) is 31.6 Å². The second-order valence-corrected chi connectivity index (χ2v) is 8.24. The highest BCUT2D eigenvalue weighted by atomic mass is 19.1. The molecule has 1 saturated carbocycles. The van der Waals surface area contributed by atoms with Crippen LogP contribution in [0.4, 0.5) is 20.5 Å². The number of fused-ring (bicyclic) bond motifs is 2. The van der Waals surface area contributed by atoms with Crippen molar-refractivity contribution in [2.24, 2.45) is 11.8 Å². The summed E-state index contributed by atoms with van der Waals surface area (Å²) in [5.41, 5.74) is 0.951. The van der Waals surface area contributed by atoms with Crippen LogP contribution >= 0.6 is 0 Å². The highest BCUT2D eigenvalue weighted by molar-refractivity contribution is 5.42. The Kier molecular flexibility index (Phi) is 5.20. The van der Waals surface area contributed by atoms with E-state index >= 15 is 0 Å². The van der Waals surface area contributed by atoms with Crippen LogP contribution in [0.1, 0.15) is 18.5 Å². The van der Waals surface area contributed by atoms with Crippen molar-refractivity contribution in [3.8, 4) is 11.8 Å². The minimum atomic E-state index is -0.731. The molecule has 32 heavy (non-hydrogen) atoms. The van der Waals surface area contributed by atoms with Crippen LogP contribution in [0.3, 0.4) is 0 Å². The largest absolute Gasteiger partial charge is 0.424 e. The number of anilines is 2. The molecule has 2 unspecified atom stereocenters. The number of nitrogens with one attached hydrogen (secondary N) is 1. The van der Waals surface area contributed by atoms with Crippen molar-refractivity contribution in [1.29, 1.82) is 0 Å². The van der Waals surface area contributed by atoms with Gasteiger partial charge in [0.15, 0.2) is 0 Å². The Balaban J connectivity index is 1.31. The zero-order valence-electron chi connectivity index (χ0n) is 17.6. The van der Waals surface area contributed by atoms with E-state index in [1.807, 2.05) is 13.0 Å². The summed E-state index contributed by atoms with van der Waals surface area (Å²) in [6.45, 7) is 7.45. The summed E-state index contributed by atoms with van der Waals surface area (Å²) in [7, 11) is 0. The summed E-state index contributed by atoms with van der Waals surface area (Å²) < 4.78 is 33.9. The van der Waals surface area contributed by atoms with Crippen molar-refractivity contribution in [2.75, 3.05) is 23.3 Å². The first-order valence-corrected chi connectivity index (χ1v) is 10.5. The summed E-state index contributed by atoms with van der Waals surface area (Å²) >= 11 is 0. The summed E-state index contributed by atoms with van der Waals surface area (Å²) in [5, 5.41) is 7.83. The maximum absolute atomic E-state index is 13.5. The molecule has 2 bridgehead atoms. The molecule has 3 aromatic rings. The van der Waals surface area contributed by atoms with E-state index in [1.54, 1.807) is 6.33 Å². The molecule has 2 aromatic heterocycles. The van der Waals surface area contributed by atoms with Crippen LogP contribution < -0.4 is 15.0 Å². The quantitative estimate of drug-likeness (QED) is 0.624. The Morgan fingerprint density at radius 3 is 2.47 bits per heavy atom. The molecule has 0 radical (unpaired) electrons. The van der Waals surface area contributed by atoms with Crippen LogP contribution in [0.25, 0.3) is 6.20 Å². The normalized spacial score (nSPS) is 22.1. The highest BCUT2D eigenvalue weighted by Crippen LogP contribution is 2.39. The fourth-order valence-electron chi connectivity index (χ4n) is 4.66. The number of aryl methyl sites for hydroxylation is 1. The number of hydrogen-bond donors (Lipinski definition) is 1. The van der Waals surface area contributed by atoms with E-state index in [1.165, 1.54) is 10.9 Å². The molecule has 2 aliphatic rings. The van der Waals surface area contributed by atoms with Crippen LogP contribution in [0, 0.1) is 30.4 Å². The van der Waals surface area contributed by atoms with E-state index in [0.717, 1.165) is 55.6 Å². The smallest absolute Gasteiger partial charge is 0.326 e. The molecule has 1 aliphatic carbocycles. The second kappa shape index (κ2) is 8.18. The van der Waals surface area contributed by atoms with Gasteiger partial charge in [-0.1, -0.05) is 6.58 Å².